The summed E-state index contributed by atoms with van der Waals surface area (Å²) in [7, 11) is -6.27. The lowest BCUT2D eigenvalue weighted by Crippen LogP contribution is -2.02. The van der Waals surface area contributed by atoms with Crippen LogP contribution in [0.3, 0.4) is 0 Å². The Morgan fingerprint density at radius 2 is 1.08 bits per heavy atom. The first kappa shape index (κ1) is 14.3. The van der Waals surface area contributed by atoms with E-state index in [4.69, 9.17) is 17.5 Å². The van der Waals surface area contributed by atoms with E-state index in [1.165, 1.54) is 0 Å². The van der Waals surface area contributed by atoms with Gasteiger partial charge in [0.15, 0.2) is 0 Å². The van der Waals surface area contributed by atoms with Gasteiger partial charge in [-0.1, -0.05) is 0 Å². The van der Waals surface area contributed by atoms with Gasteiger partial charge in [0.05, 0.1) is 14.2 Å². The average molecular weight is 224 g/mol. The van der Waals surface area contributed by atoms with Crippen molar-refractivity contribution in [2.75, 3.05) is 14.2 Å². The summed E-state index contributed by atoms with van der Waals surface area (Å²) in [5.74, 6) is 0. The molecule has 2 N–H and O–H groups in total. The van der Waals surface area contributed by atoms with Crippen molar-refractivity contribution in [1.29, 1.82) is 0 Å². The molecular weight excluding hydrogens is 216 g/mol. The normalized spacial score (nSPS) is 11.7. The molecule has 0 aromatic carbocycles. The molecule has 0 aliphatic carbocycles. The summed E-state index contributed by atoms with van der Waals surface area (Å²) in [4.78, 5) is 0. The minimum atomic E-state index is -4.67. The SMILES string of the molecule is COS(=O)(=O)OC.O=S(=O)(O)O. The molecule has 0 aliphatic rings. The van der Waals surface area contributed by atoms with E-state index in [0.29, 0.717) is 0 Å². The van der Waals surface area contributed by atoms with Crippen LogP contribution in [0.4, 0.5) is 0 Å². The molecule has 12 heavy (non-hydrogen) atoms. The molecule has 0 unspecified atom stereocenters. The standard InChI is InChI=1S/C2H6O4S.H2O4S/c1-5-7(3,4)6-2;1-5(2,3)4/h1-2H3;(H2,1,2,3,4). The predicted molar refractivity (Wildman–Crippen MR) is 37.1 cm³/mol. The van der Waals surface area contributed by atoms with Crippen LogP contribution in [0.2, 0.25) is 0 Å². The zero-order valence-corrected chi connectivity index (χ0v) is 7.79. The van der Waals surface area contributed by atoms with Crippen molar-refractivity contribution in [3.05, 3.63) is 0 Å². The maximum absolute atomic E-state index is 9.92. The van der Waals surface area contributed by atoms with Crippen LogP contribution in [-0.2, 0) is 29.2 Å². The van der Waals surface area contributed by atoms with E-state index >= 15 is 0 Å². The molecule has 0 aromatic heterocycles. The molecule has 76 valence electrons. The van der Waals surface area contributed by atoms with Gasteiger partial charge in [-0.25, -0.2) is 0 Å². The monoisotopic (exact) mass is 224 g/mol. The maximum atomic E-state index is 9.92. The molecule has 0 spiro atoms. The summed E-state index contributed by atoms with van der Waals surface area (Å²) in [6, 6.07) is 0. The minimum absolute atomic E-state index is 1.03. The first-order chi connectivity index (χ1) is 5.12. The lowest BCUT2D eigenvalue weighted by atomic mass is 11.8. The van der Waals surface area contributed by atoms with Gasteiger partial charge in [-0.15, -0.1) is 0 Å². The number of hydrogen-bond acceptors (Lipinski definition) is 6. The number of rotatable bonds is 2. The molecule has 0 bridgehead atoms. The molecule has 0 aliphatic heterocycles. The van der Waals surface area contributed by atoms with E-state index in [1.54, 1.807) is 0 Å². The Kier molecular flexibility index (Phi) is 6.42. The Labute approximate surface area is 70.0 Å². The van der Waals surface area contributed by atoms with E-state index in [9.17, 15) is 8.42 Å². The maximum Gasteiger partial charge on any atom is 0.399 e. The Balaban J connectivity index is 0. The van der Waals surface area contributed by atoms with Gasteiger partial charge in [-0.2, -0.15) is 16.8 Å². The van der Waals surface area contributed by atoms with Crippen molar-refractivity contribution in [1.82, 2.24) is 0 Å². The second kappa shape index (κ2) is 5.40. The van der Waals surface area contributed by atoms with Crippen LogP contribution in [0.5, 0.6) is 0 Å². The van der Waals surface area contributed by atoms with E-state index in [2.05, 4.69) is 8.37 Å². The summed E-state index contributed by atoms with van der Waals surface area (Å²) >= 11 is 0. The zero-order chi connectivity index (χ0) is 10.4. The second-order valence-corrected chi connectivity index (χ2v) is 3.57. The summed E-state index contributed by atoms with van der Waals surface area (Å²) in [6.45, 7) is 0. The van der Waals surface area contributed by atoms with E-state index < -0.39 is 20.8 Å². The third-order valence-corrected chi connectivity index (χ3v) is 1.22. The molecular formula is C2H8O8S2. The number of hydrogen-bond donors (Lipinski definition) is 2. The van der Waals surface area contributed by atoms with Crippen molar-refractivity contribution in [2.45, 2.75) is 0 Å². The Morgan fingerprint density at radius 1 is 0.917 bits per heavy atom. The molecule has 10 heteroatoms. The van der Waals surface area contributed by atoms with Gasteiger partial charge in [0, 0.05) is 0 Å². The van der Waals surface area contributed by atoms with Gasteiger partial charge in [0.25, 0.3) is 0 Å². The van der Waals surface area contributed by atoms with Gasteiger partial charge in [0.1, 0.15) is 0 Å². The van der Waals surface area contributed by atoms with E-state index in [-0.39, 0.29) is 0 Å². The molecule has 0 saturated carbocycles. The van der Waals surface area contributed by atoms with Crippen LogP contribution >= 0.6 is 0 Å². The van der Waals surface area contributed by atoms with Gasteiger partial charge >= 0.3 is 20.8 Å². The Bertz CT molecular complexity index is 265. The Morgan fingerprint density at radius 3 is 1.08 bits per heavy atom. The van der Waals surface area contributed by atoms with Crippen molar-refractivity contribution in [3.8, 4) is 0 Å². The molecule has 0 saturated heterocycles. The quantitative estimate of drug-likeness (QED) is 0.564. The first-order valence-electron chi connectivity index (χ1n) is 2.18. The molecule has 0 rings (SSSR count). The van der Waals surface area contributed by atoms with Crippen LogP contribution in [0.25, 0.3) is 0 Å². The lowest BCUT2D eigenvalue weighted by Gasteiger charge is -1.91. The highest BCUT2D eigenvalue weighted by molar-refractivity contribution is 7.81. The van der Waals surface area contributed by atoms with Gasteiger partial charge in [0.2, 0.25) is 0 Å². The van der Waals surface area contributed by atoms with E-state index in [1.807, 2.05) is 0 Å². The van der Waals surface area contributed by atoms with Crippen LogP contribution in [0.15, 0.2) is 0 Å². The Hall–Kier alpha value is -0.260. The predicted octanol–water partition coefficient (Wildman–Crippen LogP) is -1.13. The van der Waals surface area contributed by atoms with Gasteiger partial charge < -0.3 is 0 Å². The van der Waals surface area contributed by atoms with Crippen molar-refractivity contribution < 1.29 is 34.3 Å². The fourth-order valence-electron chi connectivity index (χ4n) is 0.0680. The average Bonchev–Trinajstić information content (AvgIpc) is 1.85. The summed E-state index contributed by atoms with van der Waals surface area (Å²) < 4.78 is 59.1. The second-order valence-electron chi connectivity index (χ2n) is 1.19. The molecule has 0 fully saturated rings. The third-order valence-electron chi connectivity index (χ3n) is 0.408. The molecule has 0 amide bonds. The van der Waals surface area contributed by atoms with Crippen molar-refractivity contribution >= 4 is 20.8 Å². The molecule has 0 aromatic rings. The first-order valence-corrected chi connectivity index (χ1v) is 4.91. The molecule has 8 nitrogen and oxygen atoms in total. The van der Waals surface area contributed by atoms with Crippen molar-refractivity contribution in [2.24, 2.45) is 0 Å². The summed E-state index contributed by atoms with van der Waals surface area (Å²) in [6.07, 6.45) is 0. The van der Waals surface area contributed by atoms with Crippen LogP contribution in [0, 0.1) is 0 Å². The fourth-order valence-corrected chi connectivity index (χ4v) is 0.204. The highest BCUT2D eigenvalue weighted by atomic mass is 32.3. The van der Waals surface area contributed by atoms with Crippen LogP contribution in [-0.4, -0.2) is 40.2 Å². The minimum Gasteiger partial charge on any atom is -0.264 e. The summed E-state index contributed by atoms with van der Waals surface area (Å²) in [5, 5.41) is 0. The van der Waals surface area contributed by atoms with Crippen LogP contribution < -0.4 is 0 Å². The highest BCUT2D eigenvalue weighted by Crippen LogP contribution is 1.85. The van der Waals surface area contributed by atoms with Crippen LogP contribution in [0.1, 0.15) is 0 Å². The highest BCUT2D eigenvalue weighted by Gasteiger charge is 2.01. The summed E-state index contributed by atoms with van der Waals surface area (Å²) in [5.41, 5.74) is 0. The topological polar surface area (TPSA) is 127 Å². The zero-order valence-electron chi connectivity index (χ0n) is 6.16. The molecule has 0 atom stereocenters. The third kappa shape index (κ3) is 22.6. The smallest absolute Gasteiger partial charge is 0.264 e. The van der Waals surface area contributed by atoms with Gasteiger partial charge in [-0.05, 0) is 0 Å². The van der Waals surface area contributed by atoms with E-state index in [0.717, 1.165) is 14.2 Å². The molecule has 0 radical (unpaired) electrons. The lowest BCUT2D eigenvalue weighted by molar-refractivity contribution is 0.286. The fraction of sp³-hybridized carbons (Fsp3) is 1.00. The van der Waals surface area contributed by atoms with Gasteiger partial charge in [-0.3, -0.25) is 17.5 Å². The largest absolute Gasteiger partial charge is 0.399 e. The molecule has 0 heterocycles. The van der Waals surface area contributed by atoms with Crippen molar-refractivity contribution in [3.63, 3.8) is 0 Å².